The van der Waals surface area contributed by atoms with Crippen molar-refractivity contribution in [2.75, 3.05) is 13.2 Å². The minimum atomic E-state index is -0.778. The van der Waals surface area contributed by atoms with E-state index in [2.05, 4.69) is 57.2 Å². The third kappa shape index (κ3) is 70.3. The molecule has 6 nitrogen and oxygen atoms in total. The zero-order valence-electron chi connectivity index (χ0n) is 56.2. The van der Waals surface area contributed by atoms with E-state index in [1.807, 2.05) is 0 Å². The Bertz CT molecular complexity index is 1380. The molecule has 0 aromatic heterocycles. The van der Waals surface area contributed by atoms with Gasteiger partial charge in [0.15, 0.2) is 6.10 Å². The van der Waals surface area contributed by atoms with Gasteiger partial charge in [-0.05, 0) is 57.8 Å². The van der Waals surface area contributed by atoms with Crippen LogP contribution in [0.3, 0.4) is 0 Å². The molecule has 0 rings (SSSR count). The zero-order chi connectivity index (χ0) is 59.9. The maximum atomic E-state index is 13.0. The Morgan fingerprint density at radius 1 is 0.241 bits per heavy atom. The van der Waals surface area contributed by atoms with Gasteiger partial charge in [-0.25, -0.2) is 0 Å². The van der Waals surface area contributed by atoms with Gasteiger partial charge in [-0.2, -0.15) is 0 Å². The van der Waals surface area contributed by atoms with E-state index in [1.165, 1.54) is 302 Å². The van der Waals surface area contributed by atoms with Crippen LogP contribution in [0.15, 0.2) is 36.5 Å². The van der Waals surface area contributed by atoms with E-state index in [-0.39, 0.29) is 31.1 Å². The SMILES string of the molecule is CCCCCCC/C=C\C/C=C\C/C=C\CCCCCCCCC(=O)OC(COC(=O)CCCCCCCCCCCCCCCCC)COC(=O)CCCCCCCCCCCCCCCCCCCCCCCCCCCCCCC. The average molecular weight is 1170 g/mol. The van der Waals surface area contributed by atoms with Crippen LogP contribution in [0.4, 0.5) is 0 Å². The normalized spacial score (nSPS) is 12.2. The number of hydrogen-bond acceptors (Lipinski definition) is 6. The Balaban J connectivity index is 4.23. The molecule has 1 atom stereocenters. The van der Waals surface area contributed by atoms with Crippen LogP contribution in [-0.4, -0.2) is 37.2 Å². The molecule has 1 unspecified atom stereocenters. The Kier molecular flexibility index (Phi) is 70.0. The smallest absolute Gasteiger partial charge is 0.306 e. The van der Waals surface area contributed by atoms with Gasteiger partial charge in [0, 0.05) is 19.3 Å². The first-order valence-electron chi connectivity index (χ1n) is 37.5. The standard InChI is InChI=1S/C77H144O6/c1-4-7-10-13-16-19-22-25-28-30-32-34-35-36-37-38-39-40-41-43-44-46-49-52-55-58-61-64-67-70-76(79)82-73-74(72-81-75(78)69-66-63-60-57-54-51-48-27-24-21-18-15-12-9-6-3)83-77(80)71-68-65-62-59-56-53-50-47-45-42-33-31-29-26-23-20-17-14-11-8-5-2/h23,26,31,33,45,47,74H,4-22,24-25,27-30,32,34-44,46,48-73H2,1-3H3/b26-23-,33-31-,47-45-. The molecular weight excluding hydrogens is 1020 g/mol. The van der Waals surface area contributed by atoms with Crippen LogP contribution < -0.4 is 0 Å². The van der Waals surface area contributed by atoms with Crippen molar-refractivity contribution in [1.82, 2.24) is 0 Å². The molecule has 0 aromatic carbocycles. The van der Waals surface area contributed by atoms with Gasteiger partial charge in [-0.3, -0.25) is 14.4 Å². The molecule has 6 heteroatoms. The molecule has 0 aliphatic rings. The van der Waals surface area contributed by atoms with Crippen molar-refractivity contribution in [3.05, 3.63) is 36.5 Å². The van der Waals surface area contributed by atoms with Crippen LogP contribution >= 0.6 is 0 Å². The molecule has 0 saturated carbocycles. The van der Waals surface area contributed by atoms with Crippen molar-refractivity contribution in [1.29, 1.82) is 0 Å². The first-order chi connectivity index (χ1) is 41.0. The van der Waals surface area contributed by atoms with Gasteiger partial charge >= 0.3 is 17.9 Å². The lowest BCUT2D eigenvalue weighted by Gasteiger charge is -2.18. The van der Waals surface area contributed by atoms with E-state index in [9.17, 15) is 14.4 Å². The number of carbonyl (C=O) groups excluding carboxylic acids is 3. The number of unbranched alkanes of at least 4 members (excludes halogenated alkanes) is 53. The average Bonchev–Trinajstić information content (AvgIpc) is 3.49. The number of rotatable bonds is 70. The highest BCUT2D eigenvalue weighted by atomic mass is 16.6. The van der Waals surface area contributed by atoms with Crippen molar-refractivity contribution < 1.29 is 28.6 Å². The second kappa shape index (κ2) is 72.1. The molecule has 0 bridgehead atoms. The predicted molar refractivity (Wildman–Crippen MR) is 362 cm³/mol. The van der Waals surface area contributed by atoms with Crippen LogP contribution in [0.25, 0.3) is 0 Å². The Morgan fingerprint density at radius 2 is 0.434 bits per heavy atom. The number of carbonyl (C=O) groups is 3. The van der Waals surface area contributed by atoms with Gasteiger partial charge in [-0.1, -0.05) is 378 Å². The van der Waals surface area contributed by atoms with E-state index >= 15 is 0 Å². The quantitative estimate of drug-likeness (QED) is 0.0261. The van der Waals surface area contributed by atoms with Gasteiger partial charge in [0.05, 0.1) is 0 Å². The summed E-state index contributed by atoms with van der Waals surface area (Å²) >= 11 is 0. The molecule has 0 saturated heterocycles. The van der Waals surface area contributed by atoms with E-state index in [4.69, 9.17) is 14.2 Å². The monoisotopic (exact) mass is 1170 g/mol. The number of ether oxygens (including phenoxy) is 3. The van der Waals surface area contributed by atoms with Gasteiger partial charge < -0.3 is 14.2 Å². The summed E-state index contributed by atoms with van der Waals surface area (Å²) in [6.07, 6.45) is 90.5. The summed E-state index contributed by atoms with van der Waals surface area (Å²) in [6, 6.07) is 0. The van der Waals surface area contributed by atoms with E-state index < -0.39 is 6.10 Å². The first kappa shape index (κ1) is 80.6. The van der Waals surface area contributed by atoms with Crippen LogP contribution in [0, 0.1) is 0 Å². The minimum absolute atomic E-state index is 0.0717. The van der Waals surface area contributed by atoms with Crippen LogP contribution in [-0.2, 0) is 28.6 Å². The summed E-state index contributed by atoms with van der Waals surface area (Å²) in [4.78, 5) is 38.5. The third-order valence-corrected chi connectivity index (χ3v) is 17.1. The first-order valence-corrected chi connectivity index (χ1v) is 37.5. The lowest BCUT2D eigenvalue weighted by Crippen LogP contribution is -2.30. The summed E-state index contributed by atoms with van der Waals surface area (Å²) < 4.78 is 17.0. The van der Waals surface area contributed by atoms with Crippen molar-refractivity contribution >= 4 is 17.9 Å². The molecule has 83 heavy (non-hydrogen) atoms. The second-order valence-corrected chi connectivity index (χ2v) is 25.6. The predicted octanol–water partition coefficient (Wildman–Crippen LogP) is 25.9. The summed E-state index contributed by atoms with van der Waals surface area (Å²) in [7, 11) is 0. The van der Waals surface area contributed by atoms with E-state index in [1.54, 1.807) is 0 Å². The molecule has 0 N–H and O–H groups in total. The Labute approximate surface area is 518 Å². The molecule has 0 aliphatic carbocycles. The highest BCUT2D eigenvalue weighted by molar-refractivity contribution is 5.71. The molecule has 0 fully saturated rings. The molecule has 0 aromatic rings. The fourth-order valence-electron chi connectivity index (χ4n) is 11.5. The van der Waals surface area contributed by atoms with Crippen molar-refractivity contribution in [3.8, 4) is 0 Å². The van der Waals surface area contributed by atoms with Gasteiger partial charge in [0.2, 0.25) is 0 Å². The van der Waals surface area contributed by atoms with Crippen molar-refractivity contribution in [2.45, 2.75) is 425 Å². The molecule has 0 amide bonds. The zero-order valence-corrected chi connectivity index (χ0v) is 56.2. The Morgan fingerprint density at radius 3 is 0.675 bits per heavy atom. The van der Waals surface area contributed by atoms with Crippen molar-refractivity contribution in [3.63, 3.8) is 0 Å². The Hall–Kier alpha value is -2.37. The lowest BCUT2D eigenvalue weighted by atomic mass is 10.0. The number of hydrogen-bond donors (Lipinski definition) is 0. The van der Waals surface area contributed by atoms with Gasteiger partial charge in [0.1, 0.15) is 13.2 Å². The summed E-state index contributed by atoms with van der Waals surface area (Å²) in [6.45, 7) is 6.70. The molecule has 0 spiro atoms. The largest absolute Gasteiger partial charge is 0.462 e. The van der Waals surface area contributed by atoms with Crippen LogP contribution in [0.1, 0.15) is 419 Å². The van der Waals surface area contributed by atoms with Crippen LogP contribution in [0.2, 0.25) is 0 Å². The molecule has 0 radical (unpaired) electrons. The van der Waals surface area contributed by atoms with Gasteiger partial charge in [-0.15, -0.1) is 0 Å². The maximum Gasteiger partial charge on any atom is 0.306 e. The fraction of sp³-hybridized carbons (Fsp3) is 0.883. The molecule has 0 aliphatic heterocycles. The number of allylic oxidation sites excluding steroid dienone is 6. The highest BCUT2D eigenvalue weighted by Crippen LogP contribution is 2.19. The molecular formula is C77H144O6. The summed E-state index contributed by atoms with van der Waals surface area (Å²) in [5.41, 5.74) is 0. The third-order valence-electron chi connectivity index (χ3n) is 17.1. The molecule has 0 heterocycles. The molecule has 488 valence electrons. The lowest BCUT2D eigenvalue weighted by molar-refractivity contribution is -0.167. The van der Waals surface area contributed by atoms with E-state index in [0.717, 1.165) is 77.0 Å². The van der Waals surface area contributed by atoms with Crippen LogP contribution in [0.5, 0.6) is 0 Å². The summed E-state index contributed by atoms with van der Waals surface area (Å²) in [5, 5.41) is 0. The van der Waals surface area contributed by atoms with E-state index in [0.29, 0.717) is 19.3 Å². The highest BCUT2D eigenvalue weighted by Gasteiger charge is 2.20. The summed E-state index contributed by atoms with van der Waals surface area (Å²) in [5.74, 6) is -0.851. The topological polar surface area (TPSA) is 78.9 Å². The number of esters is 3. The maximum absolute atomic E-state index is 13.0. The second-order valence-electron chi connectivity index (χ2n) is 25.6. The van der Waals surface area contributed by atoms with Gasteiger partial charge in [0.25, 0.3) is 0 Å². The minimum Gasteiger partial charge on any atom is -0.462 e. The van der Waals surface area contributed by atoms with Crippen molar-refractivity contribution in [2.24, 2.45) is 0 Å². The fourth-order valence-corrected chi connectivity index (χ4v) is 11.5.